The van der Waals surface area contributed by atoms with E-state index >= 15 is 0 Å². The standard InChI is InChI=1S/C7H14NO/c1-6(2)9-7-3-4-8-5-7/h6-7H,3-5H2,1-2H3/t7-/m0/s1. The number of rotatable bonds is 2. The number of ether oxygens (including phenoxy) is 1. The summed E-state index contributed by atoms with van der Waals surface area (Å²) in [6.07, 6.45) is 1.91. The Balaban J connectivity index is 2.11. The molecule has 0 bridgehead atoms. The highest BCUT2D eigenvalue weighted by Gasteiger charge is 2.16. The monoisotopic (exact) mass is 128 g/mol. The van der Waals surface area contributed by atoms with Crippen LogP contribution < -0.4 is 5.32 Å². The Morgan fingerprint density at radius 3 is 2.78 bits per heavy atom. The van der Waals surface area contributed by atoms with Crippen LogP contribution in [0.4, 0.5) is 0 Å². The largest absolute Gasteiger partial charge is 0.374 e. The first kappa shape index (κ1) is 7.03. The zero-order chi connectivity index (χ0) is 6.69. The summed E-state index contributed by atoms with van der Waals surface area (Å²) in [5.41, 5.74) is 0. The minimum Gasteiger partial charge on any atom is -0.374 e. The van der Waals surface area contributed by atoms with Crippen LogP contribution in [0.25, 0.3) is 0 Å². The summed E-state index contributed by atoms with van der Waals surface area (Å²) < 4.78 is 5.52. The van der Waals surface area contributed by atoms with Crippen molar-refractivity contribution < 1.29 is 4.74 Å². The zero-order valence-corrected chi connectivity index (χ0v) is 6.13. The highest BCUT2D eigenvalue weighted by atomic mass is 16.5. The zero-order valence-electron chi connectivity index (χ0n) is 6.13. The van der Waals surface area contributed by atoms with Gasteiger partial charge in [0, 0.05) is 13.1 Å². The van der Waals surface area contributed by atoms with Crippen molar-refractivity contribution in [3.05, 3.63) is 0 Å². The number of hydrogen-bond acceptors (Lipinski definition) is 1. The first-order chi connectivity index (χ1) is 4.29. The molecule has 1 heterocycles. The molecule has 0 N–H and O–H groups in total. The lowest BCUT2D eigenvalue weighted by molar-refractivity contribution is 0.0199. The van der Waals surface area contributed by atoms with Gasteiger partial charge in [0.05, 0.1) is 12.2 Å². The smallest absolute Gasteiger partial charge is 0.0732 e. The molecule has 1 aliphatic rings. The quantitative estimate of drug-likeness (QED) is 0.539. The Bertz CT molecular complexity index is 77.0. The van der Waals surface area contributed by atoms with E-state index in [4.69, 9.17) is 4.74 Å². The molecule has 0 aliphatic carbocycles. The molecule has 1 saturated heterocycles. The summed E-state index contributed by atoms with van der Waals surface area (Å²) in [5, 5.41) is 4.19. The molecule has 2 heteroatoms. The molecule has 1 fully saturated rings. The van der Waals surface area contributed by atoms with E-state index in [1.807, 2.05) is 0 Å². The van der Waals surface area contributed by atoms with E-state index in [9.17, 15) is 0 Å². The van der Waals surface area contributed by atoms with Crippen LogP contribution in [0, 0.1) is 0 Å². The molecule has 1 aliphatic heterocycles. The Morgan fingerprint density at radius 1 is 1.56 bits per heavy atom. The lowest BCUT2D eigenvalue weighted by Gasteiger charge is -2.12. The van der Waals surface area contributed by atoms with Crippen molar-refractivity contribution in [1.82, 2.24) is 5.32 Å². The second kappa shape index (κ2) is 3.18. The minimum absolute atomic E-state index is 0.364. The summed E-state index contributed by atoms with van der Waals surface area (Å²) in [7, 11) is 0. The van der Waals surface area contributed by atoms with Crippen LogP contribution in [0.1, 0.15) is 20.3 Å². The third kappa shape index (κ3) is 2.33. The molecule has 9 heavy (non-hydrogen) atoms. The van der Waals surface area contributed by atoms with Gasteiger partial charge < -0.3 is 4.74 Å². The van der Waals surface area contributed by atoms with E-state index in [0.717, 1.165) is 19.5 Å². The van der Waals surface area contributed by atoms with Crippen LogP contribution in [0.2, 0.25) is 0 Å². The minimum atomic E-state index is 0.364. The molecule has 0 aromatic heterocycles. The Hall–Kier alpha value is -0.0800. The van der Waals surface area contributed by atoms with Crippen LogP contribution in [-0.4, -0.2) is 25.3 Å². The van der Waals surface area contributed by atoms with Gasteiger partial charge in [0.15, 0.2) is 0 Å². The van der Waals surface area contributed by atoms with Crippen molar-refractivity contribution in [1.29, 1.82) is 0 Å². The van der Waals surface area contributed by atoms with Crippen molar-refractivity contribution in [3.8, 4) is 0 Å². The van der Waals surface area contributed by atoms with Crippen molar-refractivity contribution in [3.63, 3.8) is 0 Å². The van der Waals surface area contributed by atoms with Gasteiger partial charge >= 0.3 is 0 Å². The Kier molecular flexibility index (Phi) is 2.49. The maximum Gasteiger partial charge on any atom is 0.0732 e. The van der Waals surface area contributed by atoms with Crippen LogP contribution in [-0.2, 0) is 4.74 Å². The van der Waals surface area contributed by atoms with Crippen molar-refractivity contribution in [2.75, 3.05) is 13.1 Å². The molecule has 0 amide bonds. The first-order valence-electron chi connectivity index (χ1n) is 3.58. The van der Waals surface area contributed by atoms with E-state index in [-0.39, 0.29) is 0 Å². The van der Waals surface area contributed by atoms with Crippen molar-refractivity contribution in [2.24, 2.45) is 0 Å². The SMILES string of the molecule is CC(C)O[C@H]1CC[N]C1. The fourth-order valence-electron chi connectivity index (χ4n) is 1.06. The normalized spacial score (nSPS) is 27.7. The lowest BCUT2D eigenvalue weighted by atomic mass is 10.3. The van der Waals surface area contributed by atoms with Gasteiger partial charge in [-0.1, -0.05) is 0 Å². The van der Waals surface area contributed by atoms with Crippen molar-refractivity contribution >= 4 is 0 Å². The molecule has 0 aromatic rings. The van der Waals surface area contributed by atoms with Gasteiger partial charge in [0.1, 0.15) is 0 Å². The van der Waals surface area contributed by atoms with Gasteiger partial charge in [0.25, 0.3) is 0 Å². The predicted molar refractivity (Wildman–Crippen MR) is 36.5 cm³/mol. The molecule has 1 radical (unpaired) electrons. The van der Waals surface area contributed by atoms with E-state index < -0.39 is 0 Å². The van der Waals surface area contributed by atoms with Crippen LogP contribution >= 0.6 is 0 Å². The third-order valence-corrected chi connectivity index (χ3v) is 1.41. The van der Waals surface area contributed by atoms with Crippen LogP contribution in [0.5, 0.6) is 0 Å². The molecule has 2 nitrogen and oxygen atoms in total. The van der Waals surface area contributed by atoms with Gasteiger partial charge in [-0.3, -0.25) is 0 Å². The van der Waals surface area contributed by atoms with Crippen LogP contribution in [0.15, 0.2) is 0 Å². The van der Waals surface area contributed by atoms with E-state index in [1.165, 1.54) is 0 Å². The summed E-state index contributed by atoms with van der Waals surface area (Å²) >= 11 is 0. The average Bonchev–Trinajstić information content (AvgIpc) is 2.15. The number of nitrogens with zero attached hydrogens (tertiary/aromatic N) is 1. The summed E-state index contributed by atoms with van der Waals surface area (Å²) in [4.78, 5) is 0. The molecular weight excluding hydrogens is 114 g/mol. The average molecular weight is 128 g/mol. The molecular formula is C7H14NO. The first-order valence-corrected chi connectivity index (χ1v) is 3.58. The second-order valence-corrected chi connectivity index (χ2v) is 2.73. The van der Waals surface area contributed by atoms with Crippen LogP contribution in [0.3, 0.4) is 0 Å². The Morgan fingerprint density at radius 2 is 2.33 bits per heavy atom. The van der Waals surface area contributed by atoms with Gasteiger partial charge in [-0.05, 0) is 20.3 Å². The van der Waals surface area contributed by atoms with Crippen molar-refractivity contribution in [2.45, 2.75) is 32.5 Å². The Labute approximate surface area is 56.6 Å². The fraction of sp³-hybridized carbons (Fsp3) is 1.00. The molecule has 53 valence electrons. The predicted octanol–water partition coefficient (Wildman–Crippen LogP) is 0.788. The molecule has 1 rings (SSSR count). The summed E-state index contributed by atoms with van der Waals surface area (Å²) in [5.74, 6) is 0. The highest BCUT2D eigenvalue weighted by Crippen LogP contribution is 2.06. The lowest BCUT2D eigenvalue weighted by Crippen LogP contribution is -2.18. The van der Waals surface area contributed by atoms with E-state index in [2.05, 4.69) is 19.2 Å². The number of hydrogen-bond donors (Lipinski definition) is 0. The molecule has 0 aromatic carbocycles. The van der Waals surface area contributed by atoms with Gasteiger partial charge in [0.2, 0.25) is 0 Å². The maximum absolute atomic E-state index is 5.52. The fourth-order valence-corrected chi connectivity index (χ4v) is 1.06. The maximum atomic E-state index is 5.52. The molecule has 0 spiro atoms. The molecule has 1 atom stereocenters. The van der Waals surface area contributed by atoms with Gasteiger partial charge in [-0.25, -0.2) is 5.32 Å². The summed E-state index contributed by atoms with van der Waals surface area (Å²) in [6.45, 7) is 6.05. The topological polar surface area (TPSA) is 23.3 Å². The van der Waals surface area contributed by atoms with E-state index in [1.54, 1.807) is 0 Å². The highest BCUT2D eigenvalue weighted by molar-refractivity contribution is 4.70. The molecule has 0 saturated carbocycles. The summed E-state index contributed by atoms with van der Waals surface area (Å²) in [6, 6.07) is 0. The molecule has 0 unspecified atom stereocenters. The third-order valence-electron chi connectivity index (χ3n) is 1.41. The van der Waals surface area contributed by atoms with Gasteiger partial charge in [-0.15, -0.1) is 0 Å². The van der Waals surface area contributed by atoms with Gasteiger partial charge in [-0.2, -0.15) is 0 Å². The van der Waals surface area contributed by atoms with E-state index in [0.29, 0.717) is 12.2 Å². The second-order valence-electron chi connectivity index (χ2n) is 2.73.